The Morgan fingerprint density at radius 3 is 1.29 bits per heavy atom. The van der Waals surface area contributed by atoms with E-state index in [1.165, 1.54) is 0 Å². The summed E-state index contributed by atoms with van der Waals surface area (Å²) >= 11 is 0. The van der Waals surface area contributed by atoms with Gasteiger partial charge in [-0.2, -0.15) is 20.4 Å². The molecular formula is C19H20N12. The Kier molecular flexibility index (Phi) is 5.26. The van der Waals surface area contributed by atoms with Crippen molar-refractivity contribution in [3.63, 3.8) is 0 Å². The predicted octanol–water partition coefficient (Wildman–Crippen LogP) is 3.88. The van der Waals surface area contributed by atoms with Crippen molar-refractivity contribution in [3.05, 3.63) is 59.7 Å². The fourth-order valence-corrected chi connectivity index (χ4v) is 2.75. The van der Waals surface area contributed by atoms with Crippen LogP contribution < -0.4 is 22.9 Å². The molecule has 0 aliphatic heterocycles. The van der Waals surface area contributed by atoms with Crippen molar-refractivity contribution in [3.8, 4) is 0 Å². The topological polar surface area (TPSA) is 211 Å². The minimum absolute atomic E-state index is 0.206. The fraction of sp³-hybridized carbons (Fsp3) is 0.0526. The molecule has 0 aliphatic carbocycles. The molecule has 0 unspecified atom stereocenters. The van der Waals surface area contributed by atoms with E-state index in [0.29, 0.717) is 22.7 Å². The minimum Gasteiger partial charge on any atom is -0.382 e. The van der Waals surface area contributed by atoms with E-state index in [4.69, 9.17) is 22.9 Å². The van der Waals surface area contributed by atoms with Crippen LogP contribution in [-0.4, -0.2) is 20.4 Å². The average molecular weight is 416 g/mol. The highest BCUT2D eigenvalue weighted by Crippen LogP contribution is 2.29. The molecule has 0 aliphatic rings. The van der Waals surface area contributed by atoms with Gasteiger partial charge in [-0.15, -0.1) is 10.2 Å². The Morgan fingerprint density at radius 1 is 0.581 bits per heavy atom. The summed E-state index contributed by atoms with van der Waals surface area (Å²) in [5.41, 5.74) is 27.0. The normalized spacial score (nSPS) is 11.6. The van der Waals surface area contributed by atoms with Crippen LogP contribution in [0.4, 0.5) is 46.0 Å². The van der Waals surface area contributed by atoms with E-state index in [2.05, 4.69) is 40.9 Å². The molecule has 156 valence electrons. The molecule has 0 radical (unpaired) electrons. The molecule has 0 bridgehead atoms. The van der Waals surface area contributed by atoms with Gasteiger partial charge >= 0.3 is 0 Å². The lowest BCUT2D eigenvalue weighted by molar-refractivity contribution is 1.11. The van der Waals surface area contributed by atoms with Gasteiger partial charge in [-0.3, -0.25) is 10.2 Å². The largest absolute Gasteiger partial charge is 0.382 e. The van der Waals surface area contributed by atoms with Gasteiger partial charge in [0.2, 0.25) is 0 Å². The quantitative estimate of drug-likeness (QED) is 0.256. The van der Waals surface area contributed by atoms with Gasteiger partial charge in [0.05, 0.1) is 11.4 Å². The number of hydrogen-bond acceptors (Lipinski definition) is 10. The number of H-pyrrole nitrogens is 2. The van der Waals surface area contributed by atoms with Crippen molar-refractivity contribution < 1.29 is 0 Å². The highest BCUT2D eigenvalue weighted by molar-refractivity contribution is 5.70. The monoisotopic (exact) mass is 416 g/mol. The lowest BCUT2D eigenvalue weighted by atomic mass is 10.0. The number of nitrogens with zero attached hydrogens (tertiary/aromatic N) is 6. The molecule has 4 rings (SSSR count). The zero-order chi connectivity index (χ0) is 21.8. The highest BCUT2D eigenvalue weighted by atomic mass is 15.3. The van der Waals surface area contributed by atoms with Crippen LogP contribution in [0.2, 0.25) is 0 Å². The summed E-state index contributed by atoms with van der Waals surface area (Å²) in [6.45, 7) is 0. The second-order valence-corrected chi connectivity index (χ2v) is 6.65. The van der Waals surface area contributed by atoms with Crippen molar-refractivity contribution >= 4 is 46.0 Å². The number of nitrogens with one attached hydrogen (secondary N) is 2. The number of azo groups is 2. The first-order chi connectivity index (χ1) is 15.0. The molecule has 31 heavy (non-hydrogen) atoms. The van der Waals surface area contributed by atoms with Crippen LogP contribution in [-0.2, 0) is 6.42 Å². The van der Waals surface area contributed by atoms with Crippen molar-refractivity contribution in [2.45, 2.75) is 6.42 Å². The molecular weight excluding hydrogens is 396 g/mol. The molecule has 0 amide bonds. The Labute approximate surface area is 176 Å². The maximum absolute atomic E-state index is 5.70. The maximum Gasteiger partial charge on any atom is 0.175 e. The first-order valence-corrected chi connectivity index (χ1v) is 9.19. The van der Waals surface area contributed by atoms with Crippen LogP contribution in [0.15, 0.2) is 69.0 Å². The van der Waals surface area contributed by atoms with Gasteiger partial charge in [-0.1, -0.05) is 24.3 Å². The Balaban J connectivity index is 1.39. The second-order valence-electron chi connectivity index (χ2n) is 6.65. The van der Waals surface area contributed by atoms with Crippen LogP contribution >= 0.6 is 0 Å². The number of aromatic nitrogens is 4. The van der Waals surface area contributed by atoms with Gasteiger partial charge in [0, 0.05) is 0 Å². The van der Waals surface area contributed by atoms with Crippen molar-refractivity contribution in [2.24, 2.45) is 20.5 Å². The first kappa shape index (κ1) is 19.6. The molecule has 0 fully saturated rings. The fourth-order valence-electron chi connectivity index (χ4n) is 2.75. The Bertz CT molecular complexity index is 1100. The lowest BCUT2D eigenvalue weighted by Crippen LogP contribution is -1.87. The smallest absolute Gasteiger partial charge is 0.175 e. The van der Waals surface area contributed by atoms with E-state index in [1.54, 1.807) is 0 Å². The second kappa shape index (κ2) is 8.32. The molecule has 12 heteroatoms. The predicted molar refractivity (Wildman–Crippen MR) is 119 cm³/mol. The number of rotatable bonds is 6. The van der Waals surface area contributed by atoms with E-state index in [1.807, 2.05) is 48.5 Å². The Hall–Kier alpha value is -4.74. The van der Waals surface area contributed by atoms with Crippen LogP contribution in [0.5, 0.6) is 0 Å². The van der Waals surface area contributed by atoms with Crippen LogP contribution in [0.1, 0.15) is 11.1 Å². The summed E-state index contributed by atoms with van der Waals surface area (Å²) in [7, 11) is 0. The standard InChI is InChI=1S/C19H20N12/c20-16-14(17(21)29-28-16)26-24-12-5-1-10(2-6-12)9-11-3-7-13(8-4-11)25-27-15-18(22)30-31-19(15)23/h1-8H,9H2,(H5,20,21,28,29)(H5,22,23,30,31). The minimum atomic E-state index is 0.206. The summed E-state index contributed by atoms with van der Waals surface area (Å²) in [5.74, 6) is 0.963. The van der Waals surface area contributed by atoms with Crippen molar-refractivity contribution in [2.75, 3.05) is 22.9 Å². The highest BCUT2D eigenvalue weighted by Gasteiger charge is 2.07. The van der Waals surface area contributed by atoms with E-state index in [0.717, 1.165) is 17.5 Å². The number of nitrogen functional groups attached to an aromatic ring is 4. The molecule has 2 aromatic heterocycles. The summed E-state index contributed by atoms with van der Waals surface area (Å²) in [5, 5.41) is 29.0. The number of anilines is 4. The van der Waals surface area contributed by atoms with E-state index in [-0.39, 0.29) is 23.3 Å². The van der Waals surface area contributed by atoms with Gasteiger partial charge in [0.15, 0.2) is 23.0 Å². The van der Waals surface area contributed by atoms with Crippen LogP contribution in [0.25, 0.3) is 0 Å². The molecule has 4 aromatic rings. The molecule has 2 heterocycles. The SMILES string of the molecule is Nc1n[nH]c(N)c1N=Nc1ccc(Cc2ccc(N=Nc3c(N)n[nH]c3N)cc2)cc1. The van der Waals surface area contributed by atoms with Gasteiger partial charge in [0.1, 0.15) is 11.6 Å². The number of nitrogens with two attached hydrogens (primary N) is 4. The molecule has 0 spiro atoms. The number of benzene rings is 2. The third-order valence-electron chi connectivity index (χ3n) is 4.40. The number of hydrogen-bond donors (Lipinski definition) is 6. The first-order valence-electron chi connectivity index (χ1n) is 9.19. The molecule has 0 saturated heterocycles. The van der Waals surface area contributed by atoms with E-state index < -0.39 is 0 Å². The van der Waals surface area contributed by atoms with Gasteiger partial charge < -0.3 is 22.9 Å². The van der Waals surface area contributed by atoms with Gasteiger partial charge in [0.25, 0.3) is 0 Å². The Morgan fingerprint density at radius 2 is 0.968 bits per heavy atom. The summed E-state index contributed by atoms with van der Waals surface area (Å²) < 4.78 is 0. The summed E-state index contributed by atoms with van der Waals surface area (Å²) in [4.78, 5) is 0. The number of aromatic amines is 2. The van der Waals surface area contributed by atoms with Gasteiger partial charge in [-0.25, -0.2) is 0 Å². The van der Waals surface area contributed by atoms with Crippen molar-refractivity contribution in [1.82, 2.24) is 20.4 Å². The molecule has 2 aromatic carbocycles. The van der Waals surface area contributed by atoms with E-state index in [9.17, 15) is 0 Å². The summed E-state index contributed by atoms with van der Waals surface area (Å²) in [6, 6.07) is 15.4. The van der Waals surface area contributed by atoms with E-state index >= 15 is 0 Å². The maximum atomic E-state index is 5.70. The van der Waals surface area contributed by atoms with Crippen molar-refractivity contribution in [1.29, 1.82) is 0 Å². The third kappa shape index (κ3) is 4.48. The van der Waals surface area contributed by atoms with Crippen LogP contribution in [0.3, 0.4) is 0 Å². The molecule has 10 N–H and O–H groups in total. The van der Waals surface area contributed by atoms with Gasteiger partial charge in [-0.05, 0) is 41.8 Å². The zero-order valence-electron chi connectivity index (χ0n) is 16.3. The zero-order valence-corrected chi connectivity index (χ0v) is 16.3. The molecule has 12 nitrogen and oxygen atoms in total. The molecule has 0 atom stereocenters. The lowest BCUT2D eigenvalue weighted by Gasteiger charge is -2.03. The van der Waals surface area contributed by atoms with Crippen LogP contribution in [0, 0.1) is 0 Å². The average Bonchev–Trinajstić information content (AvgIpc) is 3.27. The summed E-state index contributed by atoms with van der Waals surface area (Å²) in [6.07, 6.45) is 0.748. The molecule has 0 saturated carbocycles. The third-order valence-corrected chi connectivity index (χ3v) is 4.40.